The molecule has 336 valence electrons. The standard InChI is InChI=1S/C38H51N5O17S/c1-18(2)30(41-27(45)15-42-24(17-58-11-12-61(56)57)14-25(37(42)53)43-28(46)9-10-29(43)47)36(52)39-19(3)35(51)40-23-7-5-22(16-59-20(4)44)21(13-23)6-8-26-31(48)32(49)33(50)34(60-26)38(54)55/h5,7,9-10,13,18-19,24-26,30-34,48-50H,6,8,11-12,14-17H2,1-4H3,(H,39,52)(H,40,51)(H,41,45)(H,54,55)(H,56,57)/p-1/t19-,24-,25-,26-,30-,31-,32+,33-,34-/m0/s1. The number of aliphatic carboxylic acids is 1. The molecule has 3 aliphatic heterocycles. The molecule has 6 amide bonds. The third-order valence-corrected chi connectivity index (χ3v) is 10.8. The largest absolute Gasteiger partial charge is 0.772 e. The summed E-state index contributed by atoms with van der Waals surface area (Å²) in [6.45, 7) is 4.62. The van der Waals surface area contributed by atoms with Crippen molar-refractivity contribution in [3.63, 3.8) is 0 Å². The highest BCUT2D eigenvalue weighted by Gasteiger charge is 2.48. The molecule has 10 atom stereocenters. The summed E-state index contributed by atoms with van der Waals surface area (Å²) in [5.41, 5.74) is 1.20. The minimum Gasteiger partial charge on any atom is -0.772 e. The third-order valence-electron chi connectivity index (χ3n) is 10.3. The number of carbonyl (C=O) groups excluding carboxylic acids is 7. The van der Waals surface area contributed by atoms with Crippen LogP contribution in [-0.4, -0.2) is 167 Å². The average molecular weight is 881 g/mol. The summed E-state index contributed by atoms with van der Waals surface area (Å²) in [6.07, 6.45) is -6.40. The quantitative estimate of drug-likeness (QED) is 0.0297. The van der Waals surface area contributed by atoms with Gasteiger partial charge in [0.2, 0.25) is 23.6 Å². The van der Waals surface area contributed by atoms with Crippen molar-refractivity contribution in [1.82, 2.24) is 20.4 Å². The van der Waals surface area contributed by atoms with Crippen LogP contribution in [-0.2, 0) is 76.7 Å². The van der Waals surface area contributed by atoms with Gasteiger partial charge in [0.1, 0.15) is 43.0 Å². The molecule has 23 heteroatoms. The molecule has 0 spiro atoms. The summed E-state index contributed by atoms with van der Waals surface area (Å²) in [5.74, 6) is -7.38. The van der Waals surface area contributed by atoms with E-state index in [4.69, 9.17) is 14.2 Å². The van der Waals surface area contributed by atoms with Crippen LogP contribution in [0.1, 0.15) is 51.7 Å². The molecule has 61 heavy (non-hydrogen) atoms. The molecule has 0 saturated carbocycles. The summed E-state index contributed by atoms with van der Waals surface area (Å²) in [7, 11) is 0. The molecule has 2 saturated heterocycles. The van der Waals surface area contributed by atoms with Gasteiger partial charge < -0.3 is 60.0 Å². The molecule has 22 nitrogen and oxygen atoms in total. The van der Waals surface area contributed by atoms with Crippen molar-refractivity contribution < 1.29 is 81.8 Å². The molecule has 7 N–H and O–H groups in total. The highest BCUT2D eigenvalue weighted by atomic mass is 32.2. The van der Waals surface area contributed by atoms with E-state index in [1.54, 1.807) is 19.9 Å². The monoisotopic (exact) mass is 880 g/mol. The molecule has 1 unspecified atom stereocenters. The Morgan fingerprint density at radius 2 is 1.64 bits per heavy atom. The molecule has 0 aliphatic carbocycles. The maximum Gasteiger partial charge on any atom is 0.335 e. The van der Waals surface area contributed by atoms with Gasteiger partial charge in [-0.1, -0.05) is 31.0 Å². The Morgan fingerprint density at radius 1 is 0.967 bits per heavy atom. The lowest BCUT2D eigenvalue weighted by Gasteiger charge is -2.39. The minimum absolute atomic E-state index is 0.0596. The number of rotatable bonds is 20. The first kappa shape index (κ1) is 48.5. The van der Waals surface area contributed by atoms with Gasteiger partial charge in [-0.3, -0.25) is 42.7 Å². The predicted octanol–water partition coefficient (Wildman–Crippen LogP) is -3.01. The molecule has 3 aliphatic rings. The van der Waals surface area contributed by atoms with Crippen LogP contribution >= 0.6 is 0 Å². The summed E-state index contributed by atoms with van der Waals surface area (Å²) < 4.78 is 37.8. The van der Waals surface area contributed by atoms with Crippen molar-refractivity contribution in [1.29, 1.82) is 0 Å². The fourth-order valence-corrected chi connectivity index (χ4v) is 7.23. The Hall–Kier alpha value is -5.17. The van der Waals surface area contributed by atoms with E-state index < -0.39 is 126 Å². The van der Waals surface area contributed by atoms with Gasteiger partial charge in [-0.15, -0.1) is 0 Å². The van der Waals surface area contributed by atoms with Crippen LogP contribution in [0.4, 0.5) is 5.69 Å². The van der Waals surface area contributed by atoms with E-state index in [9.17, 15) is 67.5 Å². The molecule has 1 aromatic carbocycles. The Labute approximate surface area is 352 Å². The molecular weight excluding hydrogens is 831 g/mol. The molecule has 3 heterocycles. The number of nitrogens with one attached hydrogen (secondary N) is 3. The molecule has 0 aromatic heterocycles. The van der Waals surface area contributed by atoms with E-state index in [2.05, 4.69) is 16.0 Å². The number of anilines is 1. The van der Waals surface area contributed by atoms with Gasteiger partial charge in [0.05, 0.1) is 31.9 Å². The highest BCUT2D eigenvalue weighted by molar-refractivity contribution is 7.79. The number of carbonyl (C=O) groups is 8. The lowest BCUT2D eigenvalue weighted by molar-refractivity contribution is -0.228. The zero-order chi connectivity index (χ0) is 45.3. The van der Waals surface area contributed by atoms with Crippen molar-refractivity contribution in [2.45, 2.75) is 108 Å². The van der Waals surface area contributed by atoms with Crippen molar-refractivity contribution >= 4 is 64.1 Å². The first-order valence-corrected chi connectivity index (χ1v) is 20.5. The number of hydrogen-bond acceptors (Lipinski definition) is 16. The molecule has 0 radical (unpaired) electrons. The minimum atomic E-state index is -2.40. The number of esters is 1. The summed E-state index contributed by atoms with van der Waals surface area (Å²) >= 11 is -2.40. The fraction of sp³-hybridized carbons (Fsp3) is 0.579. The topological polar surface area (TPSA) is 328 Å². The first-order chi connectivity index (χ1) is 28.7. The number of aliphatic hydroxyl groups excluding tert-OH is 3. The normalized spacial score (nSPS) is 25.3. The number of likely N-dealkylation sites (tertiary alicyclic amines) is 1. The van der Waals surface area contributed by atoms with Gasteiger partial charge in [-0.25, -0.2) is 4.79 Å². The smallest absolute Gasteiger partial charge is 0.335 e. The van der Waals surface area contributed by atoms with Gasteiger partial charge in [0.15, 0.2) is 6.10 Å². The number of nitrogens with zero attached hydrogens (tertiary/aromatic N) is 2. The average Bonchev–Trinajstić information content (AvgIpc) is 3.68. The molecule has 4 rings (SSSR count). The summed E-state index contributed by atoms with van der Waals surface area (Å²) in [4.78, 5) is 103. The number of carboxylic acid groups (broad SMARTS) is 1. The zero-order valence-corrected chi connectivity index (χ0v) is 34.5. The van der Waals surface area contributed by atoms with Crippen LogP contribution in [0, 0.1) is 5.92 Å². The molecular formula is C38H50N5O17S-. The van der Waals surface area contributed by atoms with Crippen LogP contribution in [0.3, 0.4) is 0 Å². The molecule has 1 aromatic rings. The van der Waals surface area contributed by atoms with E-state index in [-0.39, 0.29) is 50.5 Å². The number of carboxylic acids is 1. The summed E-state index contributed by atoms with van der Waals surface area (Å²) in [5, 5.41) is 47.9. The second kappa shape index (κ2) is 21.6. The van der Waals surface area contributed by atoms with Gasteiger partial charge in [0.25, 0.3) is 11.8 Å². The van der Waals surface area contributed by atoms with E-state index in [1.165, 1.54) is 26.0 Å². The van der Waals surface area contributed by atoms with Crippen LogP contribution < -0.4 is 16.0 Å². The molecule has 0 bridgehead atoms. The van der Waals surface area contributed by atoms with Gasteiger partial charge >= 0.3 is 11.9 Å². The van der Waals surface area contributed by atoms with E-state index >= 15 is 0 Å². The van der Waals surface area contributed by atoms with Gasteiger partial charge in [0, 0.05) is 36.9 Å². The maximum absolute atomic E-state index is 13.5. The van der Waals surface area contributed by atoms with Crippen molar-refractivity contribution in [3.05, 3.63) is 41.5 Å². The number of amides is 6. The number of aliphatic hydroxyl groups is 3. The number of ether oxygens (including phenoxy) is 3. The zero-order valence-electron chi connectivity index (χ0n) is 33.7. The fourth-order valence-electron chi connectivity index (χ4n) is 6.98. The van der Waals surface area contributed by atoms with Crippen molar-refractivity contribution in [2.75, 3.05) is 30.8 Å². The molecule has 2 fully saturated rings. The highest BCUT2D eigenvalue weighted by Crippen LogP contribution is 2.28. The van der Waals surface area contributed by atoms with E-state index in [0.29, 0.717) is 11.1 Å². The second-order valence-corrected chi connectivity index (χ2v) is 16.1. The lowest BCUT2D eigenvalue weighted by Crippen LogP contribution is -2.59. The van der Waals surface area contributed by atoms with Gasteiger partial charge in [-0.05, 0) is 48.9 Å². The number of benzene rings is 1. The Bertz CT molecular complexity index is 1890. The SMILES string of the molecule is CC(=O)OCc1ccc(NC(=O)[C@H](C)NC(=O)[C@@H](NC(=O)CN2C(=O)[C@@H](N3C(=O)C=CC3=O)C[C@H]2COCCS(=O)[O-])C(C)C)cc1CC[C@@H]1O[C@H](C(=O)O)[C@@H](O)[C@H](O)[C@H]1O. The Kier molecular flexibility index (Phi) is 17.1. The van der Waals surface area contributed by atoms with Crippen molar-refractivity contribution in [3.8, 4) is 0 Å². The predicted molar refractivity (Wildman–Crippen MR) is 207 cm³/mol. The third kappa shape index (κ3) is 12.7. The number of hydrogen-bond donors (Lipinski definition) is 7. The van der Waals surface area contributed by atoms with E-state index in [0.717, 1.165) is 22.0 Å². The van der Waals surface area contributed by atoms with Crippen molar-refractivity contribution in [2.24, 2.45) is 5.92 Å². The lowest BCUT2D eigenvalue weighted by atomic mass is 9.91. The Balaban J connectivity index is 1.40. The van der Waals surface area contributed by atoms with Gasteiger partial charge in [-0.2, -0.15) is 0 Å². The Morgan fingerprint density at radius 3 is 2.25 bits per heavy atom. The second-order valence-electron chi connectivity index (χ2n) is 15.1. The summed E-state index contributed by atoms with van der Waals surface area (Å²) in [6, 6.07) is 0.0902. The first-order valence-electron chi connectivity index (χ1n) is 19.3. The van der Waals surface area contributed by atoms with Crippen LogP contribution in [0.2, 0.25) is 0 Å². The van der Waals surface area contributed by atoms with E-state index in [1.807, 2.05) is 0 Å². The van der Waals surface area contributed by atoms with Crippen LogP contribution in [0.15, 0.2) is 30.4 Å². The number of aryl methyl sites for hydroxylation is 1. The van der Waals surface area contributed by atoms with Crippen LogP contribution in [0.5, 0.6) is 0 Å². The number of imide groups is 1. The maximum atomic E-state index is 13.5. The van der Waals surface area contributed by atoms with Crippen LogP contribution in [0.25, 0.3) is 0 Å².